The molecule has 0 aromatic heterocycles. The maximum Gasteiger partial charge on any atom is 0.242 e. The average Bonchev–Trinajstić information content (AvgIpc) is 2.70. The van der Waals surface area contributed by atoms with E-state index in [9.17, 15) is 9.18 Å². The van der Waals surface area contributed by atoms with Crippen LogP contribution in [0.25, 0.3) is 0 Å². The van der Waals surface area contributed by atoms with Crippen molar-refractivity contribution in [2.45, 2.75) is 19.9 Å². The number of rotatable bonds is 8. The van der Waals surface area contributed by atoms with Crippen LogP contribution in [0.1, 0.15) is 18.1 Å². The van der Waals surface area contributed by atoms with Gasteiger partial charge in [0.1, 0.15) is 5.82 Å². The fourth-order valence-electron chi connectivity index (χ4n) is 2.69. The number of carbonyl (C=O) groups is 1. The summed E-state index contributed by atoms with van der Waals surface area (Å²) in [6, 6.07) is 16.6. The highest BCUT2D eigenvalue weighted by Gasteiger charge is 2.12. The SMILES string of the molecule is CCN(Cc1ccccc1)C(=O)CNC(=NC)NCCc1ccccc1F.I. The lowest BCUT2D eigenvalue weighted by atomic mass is 10.1. The third-order valence-electron chi connectivity index (χ3n) is 4.23. The molecule has 0 unspecified atom stereocenters. The molecule has 0 radical (unpaired) electrons. The smallest absolute Gasteiger partial charge is 0.242 e. The first-order valence-corrected chi connectivity index (χ1v) is 9.13. The molecule has 0 aliphatic rings. The number of likely N-dealkylation sites (N-methyl/N-ethyl adjacent to an activating group) is 1. The lowest BCUT2D eigenvalue weighted by Crippen LogP contribution is -2.44. The van der Waals surface area contributed by atoms with E-state index in [4.69, 9.17) is 0 Å². The van der Waals surface area contributed by atoms with Gasteiger partial charge in [-0.25, -0.2) is 4.39 Å². The maximum atomic E-state index is 13.6. The number of hydrogen-bond donors (Lipinski definition) is 2. The highest BCUT2D eigenvalue weighted by Crippen LogP contribution is 2.06. The van der Waals surface area contributed by atoms with E-state index in [0.717, 1.165) is 5.56 Å². The minimum absolute atomic E-state index is 0. The van der Waals surface area contributed by atoms with Crippen LogP contribution in [0.2, 0.25) is 0 Å². The summed E-state index contributed by atoms with van der Waals surface area (Å²) in [5.74, 6) is 0.311. The van der Waals surface area contributed by atoms with Crippen LogP contribution < -0.4 is 10.6 Å². The average molecular weight is 498 g/mol. The summed E-state index contributed by atoms with van der Waals surface area (Å²) in [4.78, 5) is 18.4. The number of guanidine groups is 1. The second-order valence-electron chi connectivity index (χ2n) is 6.09. The first-order chi connectivity index (χ1) is 13.1. The van der Waals surface area contributed by atoms with E-state index < -0.39 is 0 Å². The Morgan fingerprint density at radius 2 is 1.75 bits per heavy atom. The number of carbonyl (C=O) groups excluding carboxylic acids is 1. The van der Waals surface area contributed by atoms with E-state index in [0.29, 0.717) is 37.6 Å². The molecule has 0 aliphatic heterocycles. The van der Waals surface area contributed by atoms with Crippen molar-refractivity contribution in [1.82, 2.24) is 15.5 Å². The summed E-state index contributed by atoms with van der Waals surface area (Å²) < 4.78 is 13.6. The molecule has 28 heavy (non-hydrogen) atoms. The van der Waals surface area contributed by atoms with E-state index in [1.807, 2.05) is 43.3 Å². The zero-order chi connectivity index (χ0) is 19.5. The van der Waals surface area contributed by atoms with Crippen molar-refractivity contribution in [3.63, 3.8) is 0 Å². The first-order valence-electron chi connectivity index (χ1n) is 9.13. The van der Waals surface area contributed by atoms with Crippen LogP contribution in [0.15, 0.2) is 59.6 Å². The van der Waals surface area contributed by atoms with E-state index in [1.54, 1.807) is 24.1 Å². The molecule has 2 N–H and O–H groups in total. The van der Waals surface area contributed by atoms with Crippen molar-refractivity contribution in [3.05, 3.63) is 71.5 Å². The number of halogens is 2. The Morgan fingerprint density at radius 3 is 2.39 bits per heavy atom. The van der Waals surface area contributed by atoms with Crippen molar-refractivity contribution in [2.75, 3.05) is 26.7 Å². The van der Waals surface area contributed by atoms with Gasteiger partial charge in [0.05, 0.1) is 6.54 Å². The zero-order valence-electron chi connectivity index (χ0n) is 16.3. The normalized spacial score (nSPS) is 10.8. The highest BCUT2D eigenvalue weighted by molar-refractivity contribution is 14.0. The number of aliphatic imine (C=N–C) groups is 1. The minimum atomic E-state index is -0.211. The molecule has 0 fully saturated rings. The van der Waals surface area contributed by atoms with Crippen LogP contribution in [-0.4, -0.2) is 43.4 Å². The van der Waals surface area contributed by atoms with Gasteiger partial charge in [-0.15, -0.1) is 24.0 Å². The van der Waals surface area contributed by atoms with Gasteiger partial charge in [0, 0.05) is 26.7 Å². The van der Waals surface area contributed by atoms with Crippen LogP contribution in [0.5, 0.6) is 0 Å². The molecular weight excluding hydrogens is 470 g/mol. The lowest BCUT2D eigenvalue weighted by molar-refractivity contribution is -0.130. The van der Waals surface area contributed by atoms with Gasteiger partial charge in [0.25, 0.3) is 0 Å². The second kappa shape index (κ2) is 13.1. The van der Waals surface area contributed by atoms with Crippen LogP contribution >= 0.6 is 24.0 Å². The van der Waals surface area contributed by atoms with Crippen molar-refractivity contribution >= 4 is 35.8 Å². The largest absolute Gasteiger partial charge is 0.356 e. The van der Waals surface area contributed by atoms with Crippen LogP contribution in [0.3, 0.4) is 0 Å². The van der Waals surface area contributed by atoms with Crippen molar-refractivity contribution < 1.29 is 9.18 Å². The van der Waals surface area contributed by atoms with Gasteiger partial charge >= 0.3 is 0 Å². The zero-order valence-corrected chi connectivity index (χ0v) is 18.7. The summed E-state index contributed by atoms with van der Waals surface area (Å²) in [6.45, 7) is 3.85. The predicted octanol–water partition coefficient (Wildman–Crippen LogP) is 3.20. The highest BCUT2D eigenvalue weighted by atomic mass is 127. The molecule has 7 heteroatoms. The van der Waals surface area contributed by atoms with Crippen molar-refractivity contribution in [3.8, 4) is 0 Å². The van der Waals surface area contributed by atoms with Crippen molar-refractivity contribution in [1.29, 1.82) is 0 Å². The molecule has 0 saturated heterocycles. The van der Waals surface area contributed by atoms with E-state index in [2.05, 4.69) is 15.6 Å². The van der Waals surface area contributed by atoms with E-state index >= 15 is 0 Å². The number of hydrogen-bond acceptors (Lipinski definition) is 2. The monoisotopic (exact) mass is 498 g/mol. The Labute approximate surface area is 183 Å². The number of nitrogens with one attached hydrogen (secondary N) is 2. The summed E-state index contributed by atoms with van der Waals surface area (Å²) in [7, 11) is 1.64. The quantitative estimate of drug-likeness (QED) is 0.334. The van der Waals surface area contributed by atoms with Gasteiger partial charge in [0.15, 0.2) is 5.96 Å². The third-order valence-corrected chi connectivity index (χ3v) is 4.23. The molecule has 2 rings (SSSR count). The van der Waals surface area contributed by atoms with Gasteiger partial charge in [-0.2, -0.15) is 0 Å². The Hall–Kier alpha value is -2.16. The molecule has 0 spiro atoms. The summed E-state index contributed by atoms with van der Waals surface area (Å²) >= 11 is 0. The molecule has 2 aromatic carbocycles. The number of amides is 1. The van der Waals surface area contributed by atoms with Gasteiger partial charge in [0.2, 0.25) is 5.91 Å². The predicted molar refractivity (Wildman–Crippen MR) is 122 cm³/mol. The molecule has 0 aliphatic carbocycles. The fourth-order valence-corrected chi connectivity index (χ4v) is 2.69. The standard InChI is InChI=1S/C21H27FN4O.HI/c1-3-26(16-17-9-5-4-6-10-17)20(27)15-25-21(23-2)24-14-13-18-11-7-8-12-19(18)22;/h4-12H,3,13-16H2,1-2H3,(H2,23,24,25);1H. The van der Waals surface area contributed by atoms with E-state index in [1.165, 1.54) is 6.07 Å². The van der Waals surface area contributed by atoms with Gasteiger partial charge < -0.3 is 15.5 Å². The maximum absolute atomic E-state index is 13.6. The first kappa shape index (κ1) is 23.9. The van der Waals surface area contributed by atoms with Gasteiger partial charge in [-0.1, -0.05) is 48.5 Å². The number of benzene rings is 2. The topological polar surface area (TPSA) is 56.7 Å². The third kappa shape index (κ3) is 7.84. The summed E-state index contributed by atoms with van der Waals surface area (Å²) in [5.41, 5.74) is 1.75. The number of nitrogens with zero attached hydrogens (tertiary/aromatic N) is 2. The van der Waals surface area contributed by atoms with Crippen LogP contribution in [0, 0.1) is 5.82 Å². The van der Waals surface area contributed by atoms with E-state index in [-0.39, 0.29) is 42.2 Å². The molecule has 0 atom stereocenters. The molecular formula is C21H28FIN4O. The molecule has 5 nitrogen and oxygen atoms in total. The van der Waals surface area contributed by atoms with Crippen molar-refractivity contribution in [2.24, 2.45) is 4.99 Å². The molecule has 0 saturated carbocycles. The molecule has 152 valence electrons. The second-order valence-corrected chi connectivity index (χ2v) is 6.09. The van der Waals surface area contributed by atoms with Gasteiger partial charge in [-0.3, -0.25) is 9.79 Å². The molecule has 0 heterocycles. The summed E-state index contributed by atoms with van der Waals surface area (Å²) in [5, 5.41) is 6.13. The molecule has 2 aromatic rings. The summed E-state index contributed by atoms with van der Waals surface area (Å²) in [6.07, 6.45) is 0.538. The fraction of sp³-hybridized carbons (Fsp3) is 0.333. The van der Waals surface area contributed by atoms with Crippen LogP contribution in [-0.2, 0) is 17.8 Å². The Balaban J connectivity index is 0.00000392. The minimum Gasteiger partial charge on any atom is -0.356 e. The lowest BCUT2D eigenvalue weighted by Gasteiger charge is -2.22. The molecule has 0 bridgehead atoms. The van der Waals surface area contributed by atoms with Gasteiger partial charge in [-0.05, 0) is 30.5 Å². The Morgan fingerprint density at radius 1 is 1.07 bits per heavy atom. The van der Waals surface area contributed by atoms with Crippen LogP contribution in [0.4, 0.5) is 4.39 Å². The molecule has 1 amide bonds. The Bertz CT molecular complexity index is 755. The Kier molecular flexibility index (Phi) is 11.2.